The molecule has 0 saturated heterocycles. The highest BCUT2D eigenvalue weighted by molar-refractivity contribution is 7.47. The second-order valence-corrected chi connectivity index (χ2v) is 29.5. The first-order chi connectivity index (χ1) is 49.2. The van der Waals surface area contributed by atoms with Crippen LogP contribution >= 0.6 is 15.6 Å². The summed E-state index contributed by atoms with van der Waals surface area (Å²) in [5.41, 5.74) is 0. The van der Waals surface area contributed by atoms with Gasteiger partial charge in [0.25, 0.3) is 0 Å². The highest BCUT2D eigenvalue weighted by atomic mass is 31.2. The molecule has 3 N–H and O–H groups in total. The number of hydrogen-bond donors (Lipinski definition) is 3. The molecule has 17 nitrogen and oxygen atoms in total. The maximum Gasteiger partial charge on any atom is 0.472 e. The summed E-state index contributed by atoms with van der Waals surface area (Å²) in [6.45, 7) is 4.76. The Balaban J connectivity index is 5.41. The van der Waals surface area contributed by atoms with Crippen LogP contribution in [0.25, 0.3) is 0 Å². The molecular formula is C82H144O17P2. The zero-order valence-corrected chi connectivity index (χ0v) is 65.6. The number of phosphoric acid groups is 2. The number of ether oxygens (including phenoxy) is 4. The molecule has 5 atom stereocenters. The maximum atomic E-state index is 13.1. The largest absolute Gasteiger partial charge is 0.472 e. The van der Waals surface area contributed by atoms with Gasteiger partial charge in [-0.15, -0.1) is 0 Å². The molecule has 101 heavy (non-hydrogen) atoms. The molecule has 5 unspecified atom stereocenters. The summed E-state index contributed by atoms with van der Waals surface area (Å²) in [4.78, 5) is 73.0. The summed E-state index contributed by atoms with van der Waals surface area (Å²) >= 11 is 0. The summed E-state index contributed by atoms with van der Waals surface area (Å²) in [5, 5.41) is 10.6. The first-order valence-electron chi connectivity index (χ1n) is 40.0. The van der Waals surface area contributed by atoms with Crippen LogP contribution in [0.1, 0.15) is 342 Å². The second kappa shape index (κ2) is 74.3. The van der Waals surface area contributed by atoms with Gasteiger partial charge in [0.15, 0.2) is 12.2 Å². The molecule has 0 radical (unpaired) electrons. The first kappa shape index (κ1) is 97.0. The maximum absolute atomic E-state index is 13.1. The molecule has 0 spiro atoms. The van der Waals surface area contributed by atoms with Gasteiger partial charge in [-0.3, -0.25) is 37.3 Å². The number of aliphatic hydroxyl groups is 1. The minimum Gasteiger partial charge on any atom is -0.462 e. The van der Waals surface area contributed by atoms with Gasteiger partial charge in [0.2, 0.25) is 0 Å². The molecule has 0 aliphatic rings. The van der Waals surface area contributed by atoms with Crippen molar-refractivity contribution in [3.8, 4) is 0 Å². The van der Waals surface area contributed by atoms with E-state index in [1.165, 1.54) is 103 Å². The molecule has 0 amide bonds. The number of rotatable bonds is 75. The van der Waals surface area contributed by atoms with E-state index in [0.29, 0.717) is 25.7 Å². The van der Waals surface area contributed by atoms with Crippen molar-refractivity contribution >= 4 is 39.5 Å². The van der Waals surface area contributed by atoms with Gasteiger partial charge in [-0.05, 0) is 161 Å². The van der Waals surface area contributed by atoms with Crippen LogP contribution in [0.2, 0.25) is 0 Å². The third kappa shape index (κ3) is 74.1. The number of carbonyl (C=O) groups excluding carboxylic acids is 4. The van der Waals surface area contributed by atoms with Crippen LogP contribution in [-0.4, -0.2) is 96.7 Å². The lowest BCUT2D eigenvalue weighted by atomic mass is 10.1. The third-order valence-electron chi connectivity index (χ3n) is 16.7. The van der Waals surface area contributed by atoms with E-state index in [0.717, 1.165) is 161 Å². The smallest absolute Gasteiger partial charge is 0.462 e. The Kier molecular flexibility index (Phi) is 71.3. The number of carbonyl (C=O) groups is 4. The standard InChI is InChI=1S/C82H144O17P2/c1-5-9-13-17-21-25-29-33-37-41-45-49-53-57-61-65-69-82(87)99-78(73-93-80(85)67-63-59-55-51-47-43-39-35-31-27-23-19-15-11-7-3)75-97-101(90,91)95-71-76(83)70-94-100(88,89)96-74-77(98-81(86)68-64-60-56-52-48-44-40-36-32-28-24-20-16-12-8-4)72-92-79(84)66-62-58-54-50-46-42-38-34-30-26-22-18-14-10-6-2/h25-32,38-45,76-78,83H,5-24,33-37,46-75H2,1-4H3,(H,88,89)(H,90,91). The zero-order chi connectivity index (χ0) is 73.9. The number of esters is 4. The molecule has 0 aromatic heterocycles. The fraction of sp³-hybridized carbons (Fsp3) is 0.756. The van der Waals surface area contributed by atoms with E-state index in [1.54, 1.807) is 0 Å². The Morgan fingerprint density at radius 1 is 0.277 bits per heavy atom. The Morgan fingerprint density at radius 2 is 0.495 bits per heavy atom. The lowest BCUT2D eigenvalue weighted by molar-refractivity contribution is -0.161. The minimum atomic E-state index is -4.99. The summed E-state index contributed by atoms with van der Waals surface area (Å²) in [6.07, 6.45) is 78.1. The van der Waals surface area contributed by atoms with Gasteiger partial charge >= 0.3 is 39.5 Å². The molecule has 0 aromatic carbocycles. The van der Waals surface area contributed by atoms with Crippen LogP contribution in [0.3, 0.4) is 0 Å². The van der Waals surface area contributed by atoms with Gasteiger partial charge in [-0.1, -0.05) is 253 Å². The Hall–Kier alpha value is -4.02. The second-order valence-electron chi connectivity index (χ2n) is 26.6. The van der Waals surface area contributed by atoms with Gasteiger partial charge in [-0.2, -0.15) is 0 Å². The van der Waals surface area contributed by atoms with Gasteiger partial charge in [0, 0.05) is 25.7 Å². The molecule has 0 aromatic rings. The van der Waals surface area contributed by atoms with E-state index in [1.807, 2.05) is 0 Å². The quantitative estimate of drug-likeness (QED) is 0.0169. The Bertz CT molecular complexity index is 2290. The number of phosphoric ester groups is 2. The van der Waals surface area contributed by atoms with E-state index in [2.05, 4.69) is 125 Å². The molecule has 584 valence electrons. The predicted octanol–water partition coefficient (Wildman–Crippen LogP) is 23.2. The van der Waals surface area contributed by atoms with Crippen LogP contribution in [0, 0.1) is 0 Å². The van der Waals surface area contributed by atoms with Gasteiger partial charge < -0.3 is 33.8 Å². The number of hydrogen-bond acceptors (Lipinski definition) is 15. The van der Waals surface area contributed by atoms with Crippen molar-refractivity contribution < 1.29 is 80.2 Å². The number of unbranched alkanes of at least 4 members (excludes halogenated alkanes) is 33. The van der Waals surface area contributed by atoms with Gasteiger partial charge in [0.1, 0.15) is 19.3 Å². The zero-order valence-electron chi connectivity index (χ0n) is 63.8. The highest BCUT2D eigenvalue weighted by Gasteiger charge is 2.30. The molecule has 0 heterocycles. The third-order valence-corrected chi connectivity index (χ3v) is 18.6. The fourth-order valence-corrected chi connectivity index (χ4v) is 12.1. The van der Waals surface area contributed by atoms with Crippen molar-refractivity contribution in [1.82, 2.24) is 0 Å². The van der Waals surface area contributed by atoms with E-state index >= 15 is 0 Å². The van der Waals surface area contributed by atoms with Crippen molar-refractivity contribution in [1.29, 1.82) is 0 Å². The van der Waals surface area contributed by atoms with E-state index in [9.17, 15) is 43.2 Å². The van der Waals surface area contributed by atoms with Crippen molar-refractivity contribution in [2.24, 2.45) is 0 Å². The number of aliphatic hydroxyl groups excluding tert-OH is 1. The molecular weight excluding hydrogens is 1320 g/mol. The van der Waals surface area contributed by atoms with E-state index in [4.69, 9.17) is 37.0 Å². The average molecular weight is 1460 g/mol. The highest BCUT2D eigenvalue weighted by Crippen LogP contribution is 2.45. The summed E-state index contributed by atoms with van der Waals surface area (Å²) in [7, 11) is -9.97. The normalized spacial score (nSPS) is 14.4. The lowest BCUT2D eigenvalue weighted by Gasteiger charge is -2.21. The van der Waals surface area contributed by atoms with Crippen LogP contribution in [0.4, 0.5) is 0 Å². The fourth-order valence-electron chi connectivity index (χ4n) is 10.6. The van der Waals surface area contributed by atoms with Crippen LogP contribution in [0.5, 0.6) is 0 Å². The van der Waals surface area contributed by atoms with Crippen molar-refractivity contribution in [2.75, 3.05) is 39.6 Å². The molecule has 0 bridgehead atoms. The predicted molar refractivity (Wildman–Crippen MR) is 413 cm³/mol. The monoisotopic (exact) mass is 1460 g/mol. The van der Waals surface area contributed by atoms with E-state index < -0.39 is 97.5 Å². The molecule has 0 aliphatic heterocycles. The summed E-state index contributed by atoms with van der Waals surface area (Å²) in [5.74, 6) is -2.24. The van der Waals surface area contributed by atoms with Crippen molar-refractivity contribution in [3.63, 3.8) is 0 Å². The average Bonchev–Trinajstić information content (AvgIpc) is 1.20. The summed E-state index contributed by atoms with van der Waals surface area (Å²) in [6, 6.07) is 0. The van der Waals surface area contributed by atoms with Crippen molar-refractivity contribution in [2.45, 2.75) is 361 Å². The van der Waals surface area contributed by atoms with Gasteiger partial charge in [-0.25, -0.2) is 9.13 Å². The Morgan fingerprint density at radius 3 is 0.762 bits per heavy atom. The molecule has 0 aliphatic carbocycles. The summed E-state index contributed by atoms with van der Waals surface area (Å²) < 4.78 is 68.5. The molecule has 0 fully saturated rings. The Labute approximate surface area is 614 Å². The van der Waals surface area contributed by atoms with Gasteiger partial charge in [0.05, 0.1) is 26.4 Å². The van der Waals surface area contributed by atoms with Crippen LogP contribution < -0.4 is 0 Å². The van der Waals surface area contributed by atoms with Crippen molar-refractivity contribution in [3.05, 3.63) is 97.2 Å². The molecule has 19 heteroatoms. The topological polar surface area (TPSA) is 237 Å². The van der Waals surface area contributed by atoms with Crippen LogP contribution in [0.15, 0.2) is 97.2 Å². The molecule has 0 saturated carbocycles. The minimum absolute atomic E-state index is 0.0689. The number of allylic oxidation sites excluding steroid dienone is 16. The SMILES string of the molecule is CCCCCCC=CCC=CCCCCCCC(=O)OCC(COP(=O)(O)OCC(O)COP(=O)(O)OCC(COC(=O)CCCCCCC=CCC=CCCCCCC)OC(=O)CCCCCCC=CCCC=CCCCCCC)OC(=O)CCCCCCC=CCC=CCCCCCC. The molecule has 0 rings (SSSR count). The van der Waals surface area contributed by atoms with Crippen LogP contribution in [-0.2, 0) is 65.4 Å². The van der Waals surface area contributed by atoms with E-state index in [-0.39, 0.29) is 25.7 Å². The lowest BCUT2D eigenvalue weighted by Crippen LogP contribution is -2.30. The first-order valence-corrected chi connectivity index (χ1v) is 43.0.